The number of unbranched alkanes of at least 4 members (excludes halogenated alkanes) is 5. The summed E-state index contributed by atoms with van der Waals surface area (Å²) in [5.41, 5.74) is 2.60. The van der Waals surface area contributed by atoms with Crippen LogP contribution in [0.1, 0.15) is 51.0 Å². The number of hydrogen-bond donors (Lipinski definition) is 0. The lowest BCUT2D eigenvalue weighted by Gasteiger charge is -2.03. The van der Waals surface area contributed by atoms with Crippen LogP contribution < -0.4 is 0 Å². The van der Waals surface area contributed by atoms with Gasteiger partial charge in [0.1, 0.15) is 5.76 Å². The van der Waals surface area contributed by atoms with E-state index in [2.05, 4.69) is 31.2 Å². The number of rotatable bonds is 8. The number of benzene rings is 1. The molecule has 1 heterocycles. The monoisotopic (exact) mass is 256 g/mol. The Hall–Kier alpha value is -1.50. The zero-order valence-electron chi connectivity index (χ0n) is 11.9. The molecule has 0 fully saturated rings. The molecule has 0 amide bonds. The van der Waals surface area contributed by atoms with E-state index < -0.39 is 0 Å². The van der Waals surface area contributed by atoms with Gasteiger partial charge in [-0.25, -0.2) is 0 Å². The van der Waals surface area contributed by atoms with E-state index in [1.165, 1.54) is 50.5 Å². The molecule has 1 aromatic carbocycles. The van der Waals surface area contributed by atoms with Gasteiger partial charge in [0, 0.05) is 5.56 Å². The Bertz CT molecular complexity index is 439. The van der Waals surface area contributed by atoms with Crippen LogP contribution in [0.15, 0.2) is 47.1 Å². The molecule has 0 bridgehead atoms. The highest BCUT2D eigenvalue weighted by molar-refractivity contribution is 5.57. The number of aryl methyl sites for hydroxylation is 1. The predicted octanol–water partition coefficient (Wildman–Crippen LogP) is 5.85. The molecule has 19 heavy (non-hydrogen) atoms. The first-order valence-corrected chi connectivity index (χ1v) is 7.53. The van der Waals surface area contributed by atoms with E-state index in [0.717, 1.165) is 11.3 Å². The Balaban J connectivity index is 1.73. The third-order valence-electron chi connectivity index (χ3n) is 3.58. The Morgan fingerprint density at radius 1 is 0.842 bits per heavy atom. The van der Waals surface area contributed by atoms with Crippen LogP contribution in [0.5, 0.6) is 0 Å². The van der Waals surface area contributed by atoms with Crippen LogP contribution in [0.4, 0.5) is 0 Å². The molecule has 0 atom stereocenters. The minimum Gasteiger partial charge on any atom is -0.464 e. The summed E-state index contributed by atoms with van der Waals surface area (Å²) in [5.74, 6) is 0.950. The van der Waals surface area contributed by atoms with E-state index in [9.17, 15) is 0 Å². The van der Waals surface area contributed by atoms with Crippen molar-refractivity contribution in [1.82, 2.24) is 0 Å². The van der Waals surface area contributed by atoms with E-state index in [0.29, 0.717) is 0 Å². The van der Waals surface area contributed by atoms with Gasteiger partial charge in [-0.2, -0.15) is 0 Å². The Kier molecular flexibility index (Phi) is 5.74. The summed E-state index contributed by atoms with van der Waals surface area (Å²) in [6, 6.07) is 12.7. The molecule has 2 rings (SSSR count). The molecule has 0 unspecified atom stereocenters. The van der Waals surface area contributed by atoms with Crippen LogP contribution in [0.25, 0.3) is 11.3 Å². The van der Waals surface area contributed by atoms with Gasteiger partial charge in [0.05, 0.1) is 6.26 Å². The molecule has 2 aromatic rings. The molecule has 102 valence electrons. The molecule has 0 saturated carbocycles. The second-order valence-electron chi connectivity index (χ2n) is 5.19. The molecule has 0 N–H and O–H groups in total. The summed E-state index contributed by atoms with van der Waals surface area (Å²) in [6.07, 6.45) is 11.1. The first kappa shape index (κ1) is 13.9. The van der Waals surface area contributed by atoms with Crippen LogP contribution in [0.2, 0.25) is 0 Å². The topological polar surface area (TPSA) is 13.1 Å². The maximum atomic E-state index is 5.40. The van der Waals surface area contributed by atoms with E-state index in [1.54, 1.807) is 6.26 Å². The molecular formula is C18H24O. The van der Waals surface area contributed by atoms with E-state index in [1.807, 2.05) is 12.1 Å². The van der Waals surface area contributed by atoms with Gasteiger partial charge in [-0.15, -0.1) is 0 Å². The standard InChI is InChI=1S/C18H24O/c1-2-3-4-5-6-7-9-16-11-13-17(14-12-16)18-10-8-15-19-18/h8,10-15H,2-7,9H2,1H3. The van der Waals surface area contributed by atoms with Gasteiger partial charge >= 0.3 is 0 Å². The van der Waals surface area contributed by atoms with Crippen molar-refractivity contribution in [3.05, 3.63) is 48.2 Å². The predicted molar refractivity (Wildman–Crippen MR) is 81.2 cm³/mol. The van der Waals surface area contributed by atoms with Gasteiger partial charge in [-0.05, 0) is 30.5 Å². The second-order valence-corrected chi connectivity index (χ2v) is 5.19. The van der Waals surface area contributed by atoms with Crippen molar-refractivity contribution in [1.29, 1.82) is 0 Å². The zero-order valence-corrected chi connectivity index (χ0v) is 11.9. The van der Waals surface area contributed by atoms with Gasteiger partial charge in [0.25, 0.3) is 0 Å². The van der Waals surface area contributed by atoms with Crippen LogP contribution in [-0.4, -0.2) is 0 Å². The highest BCUT2D eigenvalue weighted by Gasteiger charge is 2.00. The number of furan rings is 1. The molecule has 1 nitrogen and oxygen atoms in total. The van der Waals surface area contributed by atoms with Crippen molar-refractivity contribution >= 4 is 0 Å². The van der Waals surface area contributed by atoms with Crippen LogP contribution >= 0.6 is 0 Å². The van der Waals surface area contributed by atoms with Crippen LogP contribution in [0, 0.1) is 0 Å². The second kappa shape index (κ2) is 7.83. The minimum atomic E-state index is 0.950. The first-order valence-electron chi connectivity index (χ1n) is 7.53. The van der Waals surface area contributed by atoms with Crippen molar-refractivity contribution in [3.63, 3.8) is 0 Å². The van der Waals surface area contributed by atoms with Crippen molar-refractivity contribution in [2.24, 2.45) is 0 Å². The van der Waals surface area contributed by atoms with Crippen LogP contribution in [-0.2, 0) is 6.42 Å². The third-order valence-corrected chi connectivity index (χ3v) is 3.58. The molecule has 0 aliphatic heterocycles. The highest BCUT2D eigenvalue weighted by Crippen LogP contribution is 2.20. The summed E-state index contributed by atoms with van der Waals surface area (Å²) >= 11 is 0. The number of hydrogen-bond acceptors (Lipinski definition) is 1. The Morgan fingerprint density at radius 2 is 1.58 bits per heavy atom. The van der Waals surface area contributed by atoms with Gasteiger partial charge in [-0.1, -0.05) is 63.3 Å². The highest BCUT2D eigenvalue weighted by atomic mass is 16.3. The summed E-state index contributed by atoms with van der Waals surface area (Å²) in [4.78, 5) is 0. The van der Waals surface area contributed by atoms with Gasteiger partial charge in [0.2, 0.25) is 0 Å². The normalized spacial score (nSPS) is 10.8. The lowest BCUT2D eigenvalue weighted by Crippen LogP contribution is -1.86. The Morgan fingerprint density at radius 3 is 2.26 bits per heavy atom. The van der Waals surface area contributed by atoms with E-state index in [-0.39, 0.29) is 0 Å². The molecule has 0 aliphatic carbocycles. The molecule has 0 saturated heterocycles. The quantitative estimate of drug-likeness (QED) is 0.540. The van der Waals surface area contributed by atoms with Crippen molar-refractivity contribution in [2.75, 3.05) is 0 Å². The fourth-order valence-corrected chi connectivity index (χ4v) is 2.39. The zero-order chi connectivity index (χ0) is 13.3. The maximum Gasteiger partial charge on any atom is 0.133 e. The Labute approximate surface area is 116 Å². The molecule has 0 aliphatic rings. The molecule has 0 radical (unpaired) electrons. The molecule has 1 heteroatoms. The third kappa shape index (κ3) is 4.59. The molecule has 0 spiro atoms. The first-order chi connectivity index (χ1) is 9.40. The lowest BCUT2D eigenvalue weighted by molar-refractivity contribution is 0.582. The maximum absolute atomic E-state index is 5.40. The smallest absolute Gasteiger partial charge is 0.133 e. The van der Waals surface area contributed by atoms with Crippen molar-refractivity contribution in [2.45, 2.75) is 51.9 Å². The van der Waals surface area contributed by atoms with Crippen molar-refractivity contribution in [3.8, 4) is 11.3 Å². The van der Waals surface area contributed by atoms with Gasteiger partial charge in [-0.3, -0.25) is 0 Å². The SMILES string of the molecule is CCCCCCCCc1ccc(-c2ccco2)cc1. The average Bonchev–Trinajstić information content (AvgIpc) is 2.97. The minimum absolute atomic E-state index is 0.950. The van der Waals surface area contributed by atoms with Gasteiger partial charge in [0.15, 0.2) is 0 Å². The van der Waals surface area contributed by atoms with Crippen molar-refractivity contribution < 1.29 is 4.42 Å². The van der Waals surface area contributed by atoms with E-state index in [4.69, 9.17) is 4.42 Å². The summed E-state index contributed by atoms with van der Waals surface area (Å²) in [6.45, 7) is 2.26. The fourth-order valence-electron chi connectivity index (χ4n) is 2.39. The average molecular weight is 256 g/mol. The van der Waals surface area contributed by atoms with Crippen LogP contribution in [0.3, 0.4) is 0 Å². The fraction of sp³-hybridized carbons (Fsp3) is 0.444. The van der Waals surface area contributed by atoms with Gasteiger partial charge < -0.3 is 4.42 Å². The summed E-state index contributed by atoms with van der Waals surface area (Å²) < 4.78 is 5.40. The lowest BCUT2D eigenvalue weighted by atomic mass is 10.0. The summed E-state index contributed by atoms with van der Waals surface area (Å²) in [7, 11) is 0. The molecule has 1 aromatic heterocycles. The molecular weight excluding hydrogens is 232 g/mol. The van der Waals surface area contributed by atoms with E-state index >= 15 is 0 Å². The largest absolute Gasteiger partial charge is 0.464 e. The summed E-state index contributed by atoms with van der Waals surface area (Å²) in [5, 5.41) is 0.